The lowest BCUT2D eigenvalue weighted by Crippen LogP contribution is -2.45. The molecular formula is C14H20N2O2. The summed E-state index contributed by atoms with van der Waals surface area (Å²) in [6.07, 6.45) is 1.93. The third-order valence-electron chi connectivity index (χ3n) is 3.51. The number of carbonyl (C=O) groups excluding carboxylic acids is 1. The second kappa shape index (κ2) is 5.98. The van der Waals surface area contributed by atoms with E-state index in [-0.39, 0.29) is 18.4 Å². The van der Waals surface area contributed by atoms with E-state index in [4.69, 9.17) is 5.73 Å². The van der Waals surface area contributed by atoms with Crippen LogP contribution in [0.4, 0.5) is 0 Å². The Labute approximate surface area is 107 Å². The van der Waals surface area contributed by atoms with Gasteiger partial charge in [0, 0.05) is 19.7 Å². The SMILES string of the molecule is N[C@H](C(=O)N1CCCC(CO)C1)c1ccccc1. The molecule has 18 heavy (non-hydrogen) atoms. The van der Waals surface area contributed by atoms with Gasteiger partial charge >= 0.3 is 0 Å². The van der Waals surface area contributed by atoms with E-state index in [9.17, 15) is 9.90 Å². The predicted octanol–water partition coefficient (Wildman–Crippen LogP) is 0.917. The van der Waals surface area contributed by atoms with Crippen molar-refractivity contribution in [3.05, 3.63) is 35.9 Å². The van der Waals surface area contributed by atoms with Crippen LogP contribution in [0.25, 0.3) is 0 Å². The van der Waals surface area contributed by atoms with Crippen LogP contribution >= 0.6 is 0 Å². The minimum atomic E-state index is -0.594. The number of nitrogens with two attached hydrogens (primary N) is 1. The van der Waals surface area contributed by atoms with Gasteiger partial charge in [-0.2, -0.15) is 0 Å². The third-order valence-corrected chi connectivity index (χ3v) is 3.51. The summed E-state index contributed by atoms with van der Waals surface area (Å²) < 4.78 is 0. The van der Waals surface area contributed by atoms with E-state index in [0.717, 1.165) is 24.9 Å². The van der Waals surface area contributed by atoms with Crippen LogP contribution in [0.3, 0.4) is 0 Å². The number of aliphatic hydroxyl groups is 1. The van der Waals surface area contributed by atoms with Crippen LogP contribution in [0.1, 0.15) is 24.4 Å². The zero-order valence-corrected chi connectivity index (χ0v) is 10.5. The molecule has 1 heterocycles. The van der Waals surface area contributed by atoms with Gasteiger partial charge in [-0.15, -0.1) is 0 Å². The number of amides is 1. The molecule has 4 nitrogen and oxygen atoms in total. The van der Waals surface area contributed by atoms with Gasteiger partial charge in [0.25, 0.3) is 0 Å². The maximum absolute atomic E-state index is 12.3. The summed E-state index contributed by atoms with van der Waals surface area (Å²) in [5, 5.41) is 9.18. The number of aliphatic hydroxyl groups excluding tert-OH is 1. The molecule has 0 radical (unpaired) electrons. The van der Waals surface area contributed by atoms with Crippen molar-refractivity contribution in [2.45, 2.75) is 18.9 Å². The monoisotopic (exact) mass is 248 g/mol. The lowest BCUT2D eigenvalue weighted by Gasteiger charge is -2.33. The lowest BCUT2D eigenvalue weighted by atomic mass is 9.97. The first-order chi connectivity index (χ1) is 8.72. The number of piperidine rings is 1. The Hall–Kier alpha value is -1.39. The van der Waals surface area contributed by atoms with Crippen molar-refractivity contribution >= 4 is 5.91 Å². The molecule has 1 saturated heterocycles. The Bertz CT molecular complexity index is 394. The van der Waals surface area contributed by atoms with E-state index in [2.05, 4.69) is 0 Å². The van der Waals surface area contributed by atoms with Gasteiger partial charge in [-0.05, 0) is 24.3 Å². The van der Waals surface area contributed by atoms with E-state index < -0.39 is 6.04 Å². The zero-order chi connectivity index (χ0) is 13.0. The van der Waals surface area contributed by atoms with Gasteiger partial charge in [0.1, 0.15) is 6.04 Å². The lowest BCUT2D eigenvalue weighted by molar-refractivity contribution is -0.134. The fourth-order valence-electron chi connectivity index (χ4n) is 2.41. The van der Waals surface area contributed by atoms with Crippen molar-refractivity contribution in [2.24, 2.45) is 11.7 Å². The first kappa shape index (κ1) is 13.1. The highest BCUT2D eigenvalue weighted by Crippen LogP contribution is 2.20. The number of hydrogen-bond acceptors (Lipinski definition) is 3. The standard InChI is InChI=1S/C14H20N2O2/c15-13(12-6-2-1-3-7-12)14(18)16-8-4-5-11(9-16)10-17/h1-3,6-7,11,13,17H,4-5,8-10,15H2/t11?,13-/m0/s1. The molecule has 0 aromatic heterocycles. The normalized spacial score (nSPS) is 21.7. The van der Waals surface area contributed by atoms with Crippen molar-refractivity contribution in [3.63, 3.8) is 0 Å². The van der Waals surface area contributed by atoms with Crippen molar-refractivity contribution in [3.8, 4) is 0 Å². The molecule has 1 aliphatic rings. The topological polar surface area (TPSA) is 66.6 Å². The van der Waals surface area contributed by atoms with E-state index in [1.54, 1.807) is 4.90 Å². The van der Waals surface area contributed by atoms with Gasteiger partial charge < -0.3 is 15.7 Å². The van der Waals surface area contributed by atoms with E-state index in [1.807, 2.05) is 30.3 Å². The Balaban J connectivity index is 2.02. The minimum Gasteiger partial charge on any atom is -0.396 e. The number of hydrogen-bond donors (Lipinski definition) is 2. The van der Waals surface area contributed by atoms with Crippen molar-refractivity contribution in [2.75, 3.05) is 19.7 Å². The number of likely N-dealkylation sites (tertiary alicyclic amines) is 1. The van der Waals surface area contributed by atoms with Crippen LogP contribution in [0.5, 0.6) is 0 Å². The number of benzene rings is 1. The summed E-state index contributed by atoms with van der Waals surface area (Å²) in [4.78, 5) is 14.1. The Kier molecular flexibility index (Phi) is 4.33. The second-order valence-electron chi connectivity index (χ2n) is 4.86. The molecule has 1 aromatic rings. The molecular weight excluding hydrogens is 228 g/mol. The first-order valence-electron chi connectivity index (χ1n) is 6.42. The first-order valence-corrected chi connectivity index (χ1v) is 6.42. The van der Waals surface area contributed by atoms with Crippen LogP contribution in [-0.2, 0) is 4.79 Å². The Morgan fingerprint density at radius 3 is 2.83 bits per heavy atom. The molecule has 0 saturated carbocycles. The van der Waals surface area contributed by atoms with Gasteiger partial charge in [0.2, 0.25) is 5.91 Å². The molecule has 1 fully saturated rings. The van der Waals surface area contributed by atoms with Crippen molar-refractivity contribution in [1.29, 1.82) is 0 Å². The summed E-state index contributed by atoms with van der Waals surface area (Å²) in [6.45, 7) is 1.51. The smallest absolute Gasteiger partial charge is 0.244 e. The number of rotatable bonds is 3. The summed E-state index contributed by atoms with van der Waals surface area (Å²) >= 11 is 0. The molecule has 4 heteroatoms. The number of carbonyl (C=O) groups is 1. The zero-order valence-electron chi connectivity index (χ0n) is 10.5. The van der Waals surface area contributed by atoms with E-state index in [0.29, 0.717) is 6.54 Å². The van der Waals surface area contributed by atoms with Crippen molar-refractivity contribution < 1.29 is 9.90 Å². The Morgan fingerprint density at radius 1 is 1.44 bits per heavy atom. The summed E-state index contributed by atoms with van der Waals surface area (Å²) in [6, 6.07) is 8.82. The molecule has 2 atom stereocenters. The van der Waals surface area contributed by atoms with Gasteiger partial charge in [0.15, 0.2) is 0 Å². The molecule has 1 aromatic carbocycles. The largest absolute Gasteiger partial charge is 0.396 e. The fraction of sp³-hybridized carbons (Fsp3) is 0.500. The van der Waals surface area contributed by atoms with Gasteiger partial charge in [-0.25, -0.2) is 0 Å². The summed E-state index contributed by atoms with van der Waals surface area (Å²) in [7, 11) is 0. The van der Waals surface area contributed by atoms with Crippen molar-refractivity contribution in [1.82, 2.24) is 4.90 Å². The molecule has 3 N–H and O–H groups in total. The van der Waals surface area contributed by atoms with Crippen LogP contribution in [-0.4, -0.2) is 35.6 Å². The maximum atomic E-state index is 12.3. The van der Waals surface area contributed by atoms with Gasteiger partial charge in [-0.3, -0.25) is 4.79 Å². The van der Waals surface area contributed by atoms with Gasteiger partial charge in [-0.1, -0.05) is 30.3 Å². The molecule has 0 bridgehead atoms. The molecule has 1 aliphatic heterocycles. The fourth-order valence-corrected chi connectivity index (χ4v) is 2.41. The highest BCUT2D eigenvalue weighted by molar-refractivity contribution is 5.83. The molecule has 2 rings (SSSR count). The quantitative estimate of drug-likeness (QED) is 0.836. The molecule has 1 unspecified atom stereocenters. The van der Waals surface area contributed by atoms with Crippen LogP contribution < -0.4 is 5.73 Å². The second-order valence-corrected chi connectivity index (χ2v) is 4.86. The van der Waals surface area contributed by atoms with Crippen LogP contribution in [0.2, 0.25) is 0 Å². The summed E-state index contributed by atoms with van der Waals surface area (Å²) in [5.74, 6) is 0.157. The predicted molar refractivity (Wildman–Crippen MR) is 69.8 cm³/mol. The summed E-state index contributed by atoms with van der Waals surface area (Å²) in [5.41, 5.74) is 6.84. The maximum Gasteiger partial charge on any atom is 0.244 e. The van der Waals surface area contributed by atoms with Crippen LogP contribution in [0, 0.1) is 5.92 Å². The molecule has 98 valence electrons. The highest BCUT2D eigenvalue weighted by Gasteiger charge is 2.27. The molecule has 0 aliphatic carbocycles. The van der Waals surface area contributed by atoms with E-state index in [1.165, 1.54) is 0 Å². The molecule has 0 spiro atoms. The number of nitrogens with zero attached hydrogens (tertiary/aromatic N) is 1. The average molecular weight is 248 g/mol. The van der Waals surface area contributed by atoms with E-state index >= 15 is 0 Å². The van der Waals surface area contributed by atoms with Crippen LogP contribution in [0.15, 0.2) is 30.3 Å². The highest BCUT2D eigenvalue weighted by atomic mass is 16.3. The average Bonchev–Trinajstić information content (AvgIpc) is 2.46. The van der Waals surface area contributed by atoms with Gasteiger partial charge in [0.05, 0.1) is 0 Å². The minimum absolute atomic E-state index is 0.0423. The Morgan fingerprint density at radius 2 is 2.17 bits per heavy atom. The molecule has 1 amide bonds. The third kappa shape index (κ3) is 2.89.